The topological polar surface area (TPSA) is 80.7 Å². The number of benzene rings is 3. The monoisotopic (exact) mass is 412 g/mol. The van der Waals surface area contributed by atoms with Crippen LogP contribution >= 0.6 is 0 Å². The van der Waals surface area contributed by atoms with E-state index < -0.39 is 10.1 Å². The summed E-state index contributed by atoms with van der Waals surface area (Å²) in [6.45, 7) is 0. The van der Waals surface area contributed by atoms with E-state index in [0.717, 1.165) is 0 Å². The van der Waals surface area contributed by atoms with Crippen LogP contribution in [-0.2, 0) is 10.1 Å². The SMILES string of the molecule is COc1ccc(C=CC(=O)c2ccccc2-c2ccc(F)cc2)cc1S(=O)(=O)O. The van der Waals surface area contributed by atoms with Crippen molar-refractivity contribution in [2.45, 2.75) is 4.90 Å². The van der Waals surface area contributed by atoms with Gasteiger partial charge >= 0.3 is 0 Å². The number of methoxy groups -OCH3 is 1. The number of halogens is 1. The highest BCUT2D eigenvalue weighted by molar-refractivity contribution is 7.86. The summed E-state index contributed by atoms with van der Waals surface area (Å²) in [6, 6.07) is 16.9. The van der Waals surface area contributed by atoms with Crippen molar-refractivity contribution in [3.05, 3.63) is 89.8 Å². The first-order valence-corrected chi connectivity index (χ1v) is 9.96. The summed E-state index contributed by atoms with van der Waals surface area (Å²) in [5, 5.41) is 0. The van der Waals surface area contributed by atoms with E-state index in [1.807, 2.05) is 0 Å². The van der Waals surface area contributed by atoms with Crippen LogP contribution in [-0.4, -0.2) is 25.9 Å². The van der Waals surface area contributed by atoms with Gasteiger partial charge in [-0.25, -0.2) is 4.39 Å². The fourth-order valence-electron chi connectivity index (χ4n) is 2.84. The van der Waals surface area contributed by atoms with E-state index in [0.29, 0.717) is 22.3 Å². The predicted octanol–water partition coefficient (Wildman–Crippen LogP) is 4.64. The molecule has 0 amide bonds. The Morgan fingerprint density at radius 1 is 1.03 bits per heavy atom. The molecule has 0 unspecified atom stereocenters. The molecule has 3 aromatic carbocycles. The van der Waals surface area contributed by atoms with Gasteiger partial charge < -0.3 is 4.74 Å². The molecule has 1 N–H and O–H groups in total. The molecule has 3 aromatic rings. The summed E-state index contributed by atoms with van der Waals surface area (Å²) in [6.07, 6.45) is 2.75. The Balaban J connectivity index is 1.94. The minimum absolute atomic E-state index is 0.00219. The number of carbonyl (C=O) groups is 1. The minimum Gasteiger partial charge on any atom is -0.495 e. The zero-order chi connectivity index (χ0) is 21.0. The number of hydrogen-bond donors (Lipinski definition) is 1. The van der Waals surface area contributed by atoms with Gasteiger partial charge in [0, 0.05) is 5.56 Å². The highest BCUT2D eigenvalue weighted by atomic mass is 32.2. The Morgan fingerprint density at radius 3 is 2.38 bits per heavy atom. The van der Waals surface area contributed by atoms with Gasteiger partial charge in [0.25, 0.3) is 10.1 Å². The molecule has 29 heavy (non-hydrogen) atoms. The molecule has 0 bridgehead atoms. The molecule has 0 radical (unpaired) electrons. The van der Waals surface area contributed by atoms with Crippen LogP contribution in [0.2, 0.25) is 0 Å². The van der Waals surface area contributed by atoms with Gasteiger partial charge in [0.05, 0.1) is 7.11 Å². The third-order valence-electron chi connectivity index (χ3n) is 4.24. The first-order valence-electron chi connectivity index (χ1n) is 8.52. The molecule has 5 nitrogen and oxygen atoms in total. The maximum atomic E-state index is 13.2. The normalized spacial score (nSPS) is 11.6. The molecule has 0 aliphatic carbocycles. The lowest BCUT2D eigenvalue weighted by Gasteiger charge is -2.08. The van der Waals surface area contributed by atoms with Crippen molar-refractivity contribution >= 4 is 22.0 Å². The van der Waals surface area contributed by atoms with Crippen molar-refractivity contribution in [3.63, 3.8) is 0 Å². The second kappa shape index (κ2) is 8.38. The number of rotatable bonds is 6. The van der Waals surface area contributed by atoms with Gasteiger partial charge in [-0.2, -0.15) is 8.42 Å². The fraction of sp³-hybridized carbons (Fsp3) is 0.0455. The van der Waals surface area contributed by atoms with Gasteiger partial charge in [-0.1, -0.05) is 48.5 Å². The van der Waals surface area contributed by atoms with Gasteiger partial charge in [0.15, 0.2) is 5.78 Å². The van der Waals surface area contributed by atoms with Crippen LogP contribution in [0, 0.1) is 5.82 Å². The van der Waals surface area contributed by atoms with E-state index in [4.69, 9.17) is 4.74 Å². The Kier molecular flexibility index (Phi) is 5.91. The van der Waals surface area contributed by atoms with Crippen LogP contribution in [0.25, 0.3) is 17.2 Å². The summed E-state index contributed by atoms with van der Waals surface area (Å²) in [4.78, 5) is 12.3. The quantitative estimate of drug-likeness (QED) is 0.362. The molecule has 0 aromatic heterocycles. The van der Waals surface area contributed by atoms with Crippen molar-refractivity contribution in [1.82, 2.24) is 0 Å². The van der Waals surface area contributed by atoms with E-state index in [9.17, 15) is 22.2 Å². The lowest BCUT2D eigenvalue weighted by atomic mass is 9.96. The van der Waals surface area contributed by atoms with Gasteiger partial charge in [-0.3, -0.25) is 9.35 Å². The summed E-state index contributed by atoms with van der Waals surface area (Å²) >= 11 is 0. The molecular weight excluding hydrogens is 395 g/mol. The Bertz CT molecular complexity index is 1180. The van der Waals surface area contributed by atoms with Crippen molar-refractivity contribution in [1.29, 1.82) is 0 Å². The Hall–Kier alpha value is -3.29. The van der Waals surface area contributed by atoms with E-state index in [1.54, 1.807) is 42.5 Å². The van der Waals surface area contributed by atoms with Crippen molar-refractivity contribution in [2.24, 2.45) is 0 Å². The smallest absolute Gasteiger partial charge is 0.298 e. The van der Waals surface area contributed by atoms with E-state index in [1.165, 1.54) is 43.5 Å². The number of allylic oxidation sites excluding steroid dienone is 1. The van der Waals surface area contributed by atoms with Crippen LogP contribution in [0.15, 0.2) is 77.7 Å². The Morgan fingerprint density at radius 2 is 1.72 bits per heavy atom. The van der Waals surface area contributed by atoms with Crippen LogP contribution < -0.4 is 4.74 Å². The number of hydrogen-bond acceptors (Lipinski definition) is 4. The van der Waals surface area contributed by atoms with Crippen molar-refractivity contribution in [3.8, 4) is 16.9 Å². The number of carbonyl (C=O) groups excluding carboxylic acids is 1. The molecule has 0 heterocycles. The summed E-state index contributed by atoms with van der Waals surface area (Å²) < 4.78 is 50.5. The summed E-state index contributed by atoms with van der Waals surface area (Å²) in [5.41, 5.74) is 2.15. The lowest BCUT2D eigenvalue weighted by Crippen LogP contribution is -2.02. The predicted molar refractivity (Wildman–Crippen MR) is 108 cm³/mol. The molecule has 0 aliphatic heterocycles. The first kappa shape index (κ1) is 20.4. The molecule has 0 fully saturated rings. The number of ketones is 1. The van der Waals surface area contributed by atoms with Crippen molar-refractivity contribution < 1.29 is 26.9 Å². The average molecular weight is 412 g/mol. The lowest BCUT2D eigenvalue weighted by molar-refractivity contribution is 0.104. The molecule has 0 saturated heterocycles. The van der Waals surface area contributed by atoms with E-state index in [-0.39, 0.29) is 22.2 Å². The zero-order valence-corrected chi connectivity index (χ0v) is 16.2. The van der Waals surface area contributed by atoms with Crippen LogP contribution in [0.1, 0.15) is 15.9 Å². The second-order valence-corrected chi connectivity index (χ2v) is 7.53. The molecule has 0 saturated carbocycles. The molecular formula is C22H17FO5S. The highest BCUT2D eigenvalue weighted by Gasteiger charge is 2.17. The molecule has 148 valence electrons. The first-order chi connectivity index (χ1) is 13.8. The van der Waals surface area contributed by atoms with Crippen molar-refractivity contribution in [2.75, 3.05) is 7.11 Å². The highest BCUT2D eigenvalue weighted by Crippen LogP contribution is 2.27. The van der Waals surface area contributed by atoms with E-state index >= 15 is 0 Å². The van der Waals surface area contributed by atoms with Crippen LogP contribution in [0.5, 0.6) is 5.75 Å². The molecule has 0 atom stereocenters. The van der Waals surface area contributed by atoms with Crippen LogP contribution in [0.3, 0.4) is 0 Å². The summed E-state index contributed by atoms with van der Waals surface area (Å²) in [7, 11) is -3.19. The molecule has 0 spiro atoms. The summed E-state index contributed by atoms with van der Waals surface area (Å²) in [5.74, 6) is -0.682. The van der Waals surface area contributed by atoms with Gasteiger partial charge in [-0.15, -0.1) is 0 Å². The average Bonchev–Trinajstić information content (AvgIpc) is 2.71. The third-order valence-corrected chi connectivity index (χ3v) is 5.12. The van der Waals surface area contributed by atoms with E-state index in [2.05, 4.69) is 0 Å². The molecule has 3 rings (SSSR count). The van der Waals surface area contributed by atoms with Gasteiger partial charge in [-0.05, 0) is 47.0 Å². The maximum Gasteiger partial charge on any atom is 0.298 e. The molecule has 0 aliphatic rings. The second-order valence-electron chi connectivity index (χ2n) is 6.14. The zero-order valence-electron chi connectivity index (χ0n) is 15.4. The van der Waals surface area contributed by atoms with Gasteiger partial charge in [0.2, 0.25) is 0 Å². The fourth-order valence-corrected chi connectivity index (χ4v) is 3.53. The maximum absolute atomic E-state index is 13.2. The van der Waals surface area contributed by atoms with Gasteiger partial charge in [0.1, 0.15) is 16.5 Å². The minimum atomic E-state index is -4.48. The standard InChI is InChI=1S/C22H17FO5S/c1-28-21-13-7-15(14-22(21)29(25,26)27)6-12-20(24)19-5-3-2-4-18(19)16-8-10-17(23)11-9-16/h2-14H,1H3,(H,25,26,27). The van der Waals surface area contributed by atoms with Crippen LogP contribution in [0.4, 0.5) is 4.39 Å². The largest absolute Gasteiger partial charge is 0.495 e. The Labute approximate surface area is 167 Å². The molecule has 7 heteroatoms. The third kappa shape index (κ3) is 4.77. The number of ether oxygens (including phenoxy) is 1.